The molecule has 5 heteroatoms. The topological polar surface area (TPSA) is 59.2 Å². The van der Waals surface area contributed by atoms with E-state index in [1.54, 1.807) is 0 Å². The van der Waals surface area contributed by atoms with Crippen LogP contribution in [0, 0.1) is 5.92 Å². The lowest BCUT2D eigenvalue weighted by Gasteiger charge is -2.22. The summed E-state index contributed by atoms with van der Waals surface area (Å²) < 4.78 is 0. The van der Waals surface area contributed by atoms with Gasteiger partial charge >= 0.3 is 0 Å². The van der Waals surface area contributed by atoms with Crippen LogP contribution in [0.4, 0.5) is 0 Å². The van der Waals surface area contributed by atoms with Crippen LogP contribution < -0.4 is 5.73 Å². The lowest BCUT2D eigenvalue weighted by Crippen LogP contribution is -2.34. The number of amides is 1. The molecule has 1 amide bonds. The predicted octanol–water partition coefficient (Wildman–Crippen LogP) is 2.29. The number of aromatic nitrogens is 1. The summed E-state index contributed by atoms with van der Waals surface area (Å²) in [4.78, 5) is 18.9. The second-order valence-electron chi connectivity index (χ2n) is 5.58. The molecule has 0 radical (unpaired) electrons. The fourth-order valence-corrected chi connectivity index (χ4v) is 2.82. The summed E-state index contributed by atoms with van der Waals surface area (Å²) >= 11 is 1.54. The molecule has 0 saturated heterocycles. The summed E-state index contributed by atoms with van der Waals surface area (Å²) in [5, 5.41) is 2.84. The number of nitrogens with two attached hydrogens (primary N) is 1. The van der Waals surface area contributed by atoms with Crippen LogP contribution in [0.25, 0.3) is 0 Å². The maximum atomic E-state index is 12.5. The molecule has 0 atom stereocenters. The number of thiazole rings is 1. The number of rotatable bonds is 7. The molecule has 1 saturated carbocycles. The fourth-order valence-electron chi connectivity index (χ4n) is 2.03. The largest absolute Gasteiger partial charge is 0.334 e. The van der Waals surface area contributed by atoms with Crippen LogP contribution in [0.1, 0.15) is 48.6 Å². The van der Waals surface area contributed by atoms with E-state index >= 15 is 0 Å². The average molecular weight is 281 g/mol. The Morgan fingerprint density at radius 3 is 2.89 bits per heavy atom. The highest BCUT2D eigenvalue weighted by Gasteiger charge is 2.33. The molecule has 106 valence electrons. The van der Waals surface area contributed by atoms with Gasteiger partial charge in [-0.05, 0) is 31.7 Å². The van der Waals surface area contributed by atoms with Gasteiger partial charge in [-0.2, -0.15) is 0 Å². The van der Waals surface area contributed by atoms with Gasteiger partial charge in [-0.1, -0.05) is 13.8 Å². The molecule has 19 heavy (non-hydrogen) atoms. The minimum absolute atomic E-state index is 0.0997. The Kier molecular flexibility index (Phi) is 4.93. The van der Waals surface area contributed by atoms with Crippen LogP contribution in [-0.4, -0.2) is 34.9 Å². The molecule has 0 aliphatic heterocycles. The van der Waals surface area contributed by atoms with Gasteiger partial charge in [0.05, 0.1) is 5.01 Å². The predicted molar refractivity (Wildman–Crippen MR) is 78.4 cm³/mol. The SMILES string of the molecule is CC(C)CCN(C(=O)c1csc(CCN)n1)C1CC1. The average Bonchev–Trinajstić information content (AvgIpc) is 3.09. The van der Waals surface area contributed by atoms with Crippen molar-refractivity contribution in [2.75, 3.05) is 13.1 Å². The van der Waals surface area contributed by atoms with Gasteiger partial charge in [0.1, 0.15) is 5.69 Å². The molecule has 1 heterocycles. The molecule has 1 aliphatic rings. The van der Waals surface area contributed by atoms with E-state index in [2.05, 4.69) is 18.8 Å². The van der Waals surface area contributed by atoms with E-state index in [9.17, 15) is 4.79 Å². The van der Waals surface area contributed by atoms with Crippen molar-refractivity contribution in [1.82, 2.24) is 9.88 Å². The van der Waals surface area contributed by atoms with Crippen LogP contribution in [0.5, 0.6) is 0 Å². The van der Waals surface area contributed by atoms with Gasteiger partial charge in [0, 0.05) is 24.4 Å². The highest BCUT2D eigenvalue weighted by molar-refractivity contribution is 7.09. The lowest BCUT2D eigenvalue weighted by atomic mass is 10.1. The van der Waals surface area contributed by atoms with Gasteiger partial charge in [0.2, 0.25) is 0 Å². The molecule has 1 fully saturated rings. The Hall–Kier alpha value is -0.940. The van der Waals surface area contributed by atoms with Crippen LogP contribution in [0.15, 0.2) is 5.38 Å². The van der Waals surface area contributed by atoms with Gasteiger partial charge in [-0.3, -0.25) is 4.79 Å². The summed E-state index contributed by atoms with van der Waals surface area (Å²) in [7, 11) is 0. The van der Waals surface area contributed by atoms with Crippen molar-refractivity contribution < 1.29 is 4.79 Å². The van der Waals surface area contributed by atoms with Crippen molar-refractivity contribution in [2.45, 2.75) is 45.6 Å². The normalized spacial score (nSPS) is 14.9. The number of hydrogen-bond donors (Lipinski definition) is 1. The van der Waals surface area contributed by atoms with Crippen molar-refractivity contribution >= 4 is 17.2 Å². The maximum absolute atomic E-state index is 12.5. The van der Waals surface area contributed by atoms with Gasteiger partial charge in [-0.15, -0.1) is 11.3 Å². The molecule has 1 aromatic heterocycles. The Balaban J connectivity index is 2.01. The molecule has 0 bridgehead atoms. The van der Waals surface area contributed by atoms with E-state index in [4.69, 9.17) is 5.73 Å². The van der Waals surface area contributed by atoms with Crippen LogP contribution in [0.3, 0.4) is 0 Å². The molecular weight excluding hydrogens is 258 g/mol. The molecular formula is C14H23N3OS. The highest BCUT2D eigenvalue weighted by atomic mass is 32.1. The first-order chi connectivity index (χ1) is 9.11. The Bertz CT molecular complexity index is 426. The quantitative estimate of drug-likeness (QED) is 0.834. The fraction of sp³-hybridized carbons (Fsp3) is 0.714. The van der Waals surface area contributed by atoms with E-state index < -0.39 is 0 Å². The van der Waals surface area contributed by atoms with Gasteiger partial charge in [-0.25, -0.2) is 4.98 Å². The zero-order chi connectivity index (χ0) is 13.8. The highest BCUT2D eigenvalue weighted by Crippen LogP contribution is 2.29. The Morgan fingerprint density at radius 1 is 1.58 bits per heavy atom. The molecule has 1 aromatic rings. The second kappa shape index (κ2) is 6.48. The minimum Gasteiger partial charge on any atom is -0.334 e. The van der Waals surface area contributed by atoms with Crippen molar-refractivity contribution in [2.24, 2.45) is 11.7 Å². The standard InChI is InChI=1S/C14H23N3OS/c1-10(2)6-8-17(11-3-4-11)14(18)12-9-19-13(16-12)5-7-15/h9-11H,3-8,15H2,1-2H3. The first kappa shape index (κ1) is 14.5. The van der Waals surface area contributed by atoms with Crippen LogP contribution in [-0.2, 0) is 6.42 Å². The first-order valence-corrected chi connectivity index (χ1v) is 7.95. The van der Waals surface area contributed by atoms with E-state index in [1.807, 2.05) is 10.3 Å². The van der Waals surface area contributed by atoms with Crippen molar-refractivity contribution in [3.05, 3.63) is 16.1 Å². The number of carbonyl (C=O) groups is 1. The first-order valence-electron chi connectivity index (χ1n) is 7.07. The number of hydrogen-bond acceptors (Lipinski definition) is 4. The van der Waals surface area contributed by atoms with Gasteiger partial charge in [0.25, 0.3) is 5.91 Å². The minimum atomic E-state index is 0.0997. The molecule has 2 N–H and O–H groups in total. The number of nitrogens with zero attached hydrogens (tertiary/aromatic N) is 2. The van der Waals surface area contributed by atoms with Crippen molar-refractivity contribution in [3.63, 3.8) is 0 Å². The number of carbonyl (C=O) groups excluding carboxylic acids is 1. The van der Waals surface area contributed by atoms with E-state index in [-0.39, 0.29) is 5.91 Å². The lowest BCUT2D eigenvalue weighted by molar-refractivity contribution is 0.0730. The van der Waals surface area contributed by atoms with Gasteiger partial charge < -0.3 is 10.6 Å². The second-order valence-corrected chi connectivity index (χ2v) is 6.52. The zero-order valence-electron chi connectivity index (χ0n) is 11.8. The molecule has 0 spiro atoms. The summed E-state index contributed by atoms with van der Waals surface area (Å²) in [6.07, 6.45) is 4.10. The molecule has 0 unspecified atom stereocenters. The van der Waals surface area contributed by atoms with Gasteiger partial charge in [0.15, 0.2) is 0 Å². The van der Waals surface area contributed by atoms with E-state index in [0.29, 0.717) is 24.2 Å². The molecule has 0 aromatic carbocycles. The third kappa shape index (κ3) is 4.01. The van der Waals surface area contributed by atoms with Crippen LogP contribution >= 0.6 is 11.3 Å². The monoisotopic (exact) mass is 281 g/mol. The van der Waals surface area contributed by atoms with Crippen molar-refractivity contribution in [1.29, 1.82) is 0 Å². The third-order valence-corrected chi connectivity index (χ3v) is 4.23. The summed E-state index contributed by atoms with van der Waals surface area (Å²) in [6.45, 7) is 5.82. The Morgan fingerprint density at radius 2 is 2.32 bits per heavy atom. The summed E-state index contributed by atoms with van der Waals surface area (Å²) in [6, 6.07) is 0.450. The summed E-state index contributed by atoms with van der Waals surface area (Å²) in [5.41, 5.74) is 6.12. The third-order valence-electron chi connectivity index (χ3n) is 3.32. The summed E-state index contributed by atoms with van der Waals surface area (Å²) in [5.74, 6) is 0.722. The van der Waals surface area contributed by atoms with Crippen LogP contribution in [0.2, 0.25) is 0 Å². The van der Waals surface area contributed by atoms with E-state index in [1.165, 1.54) is 11.3 Å². The Labute approximate surface area is 119 Å². The molecule has 1 aliphatic carbocycles. The maximum Gasteiger partial charge on any atom is 0.273 e. The molecule has 2 rings (SSSR count). The van der Waals surface area contributed by atoms with E-state index in [0.717, 1.165) is 37.2 Å². The smallest absolute Gasteiger partial charge is 0.273 e. The molecule has 4 nitrogen and oxygen atoms in total. The zero-order valence-corrected chi connectivity index (χ0v) is 12.6. The van der Waals surface area contributed by atoms with Crippen molar-refractivity contribution in [3.8, 4) is 0 Å².